The molecule has 0 spiro atoms. The van der Waals surface area contributed by atoms with E-state index in [1.165, 1.54) is 5.69 Å². The van der Waals surface area contributed by atoms with Crippen molar-refractivity contribution in [3.8, 4) is 0 Å². The molecule has 2 atom stereocenters. The third-order valence-electron chi connectivity index (χ3n) is 4.74. The number of aryl methyl sites for hydroxylation is 2. The summed E-state index contributed by atoms with van der Waals surface area (Å²) in [6.45, 7) is 9.31. The Bertz CT molecular complexity index is 530. The topological polar surface area (TPSA) is 59.4 Å². The molecule has 3 heterocycles. The first kappa shape index (κ1) is 15.5. The van der Waals surface area contributed by atoms with Gasteiger partial charge < -0.3 is 10.1 Å². The van der Waals surface area contributed by atoms with Crippen molar-refractivity contribution in [3.05, 3.63) is 17.5 Å². The van der Waals surface area contributed by atoms with Crippen LogP contribution in [0.1, 0.15) is 37.2 Å². The van der Waals surface area contributed by atoms with Gasteiger partial charge in [-0.25, -0.2) is 0 Å². The third-order valence-corrected chi connectivity index (χ3v) is 4.74. The van der Waals surface area contributed by atoms with E-state index < -0.39 is 0 Å². The van der Waals surface area contributed by atoms with Gasteiger partial charge in [0, 0.05) is 31.9 Å². The van der Waals surface area contributed by atoms with Crippen LogP contribution in [0, 0.1) is 13.8 Å². The van der Waals surface area contributed by atoms with Gasteiger partial charge in [-0.15, -0.1) is 0 Å². The van der Waals surface area contributed by atoms with Crippen LogP contribution in [0.5, 0.6) is 0 Å². The highest BCUT2D eigenvalue weighted by Gasteiger charge is 2.35. The van der Waals surface area contributed by atoms with Crippen molar-refractivity contribution in [1.82, 2.24) is 20.0 Å². The molecule has 122 valence electrons. The average Bonchev–Trinajstić information content (AvgIpc) is 3.04. The van der Waals surface area contributed by atoms with Crippen molar-refractivity contribution in [2.45, 2.75) is 51.8 Å². The number of ether oxygens (including phenoxy) is 1. The molecule has 0 unspecified atom stereocenters. The van der Waals surface area contributed by atoms with Gasteiger partial charge in [0.25, 0.3) is 0 Å². The van der Waals surface area contributed by atoms with Gasteiger partial charge in [-0.1, -0.05) is 0 Å². The normalized spacial score (nSPS) is 24.2. The van der Waals surface area contributed by atoms with Crippen LogP contribution in [0.4, 0.5) is 0 Å². The Morgan fingerprint density at radius 1 is 1.50 bits per heavy atom. The minimum atomic E-state index is -0.0883. The van der Waals surface area contributed by atoms with Gasteiger partial charge in [-0.2, -0.15) is 5.10 Å². The van der Waals surface area contributed by atoms with E-state index in [9.17, 15) is 4.79 Å². The molecule has 3 rings (SSSR count). The molecular formula is C16H26N4O2. The minimum Gasteiger partial charge on any atom is -0.376 e. The second-order valence-corrected chi connectivity index (χ2v) is 6.54. The number of aromatic nitrogens is 2. The number of hydrogen-bond acceptors (Lipinski definition) is 4. The second-order valence-electron chi connectivity index (χ2n) is 6.54. The summed E-state index contributed by atoms with van der Waals surface area (Å²) in [6, 6.07) is 2.40. The summed E-state index contributed by atoms with van der Waals surface area (Å²) in [4.78, 5) is 14.4. The third kappa shape index (κ3) is 3.17. The van der Waals surface area contributed by atoms with E-state index in [1.54, 1.807) is 0 Å². The highest BCUT2D eigenvalue weighted by atomic mass is 16.5. The molecule has 0 bridgehead atoms. The molecule has 0 aliphatic carbocycles. The molecule has 2 fully saturated rings. The summed E-state index contributed by atoms with van der Waals surface area (Å²) in [6.07, 6.45) is 2.36. The summed E-state index contributed by atoms with van der Waals surface area (Å²) in [7, 11) is 0. The molecule has 0 radical (unpaired) electrons. The maximum atomic E-state index is 12.2. The maximum Gasteiger partial charge on any atom is 0.237 e. The lowest BCUT2D eigenvalue weighted by molar-refractivity contribution is -0.128. The molecule has 22 heavy (non-hydrogen) atoms. The monoisotopic (exact) mass is 306 g/mol. The van der Waals surface area contributed by atoms with E-state index in [-0.39, 0.29) is 18.1 Å². The quantitative estimate of drug-likeness (QED) is 0.883. The highest BCUT2D eigenvalue weighted by Crippen LogP contribution is 2.24. The van der Waals surface area contributed by atoms with Crippen molar-refractivity contribution in [2.75, 3.05) is 26.2 Å². The Morgan fingerprint density at radius 2 is 2.27 bits per heavy atom. The summed E-state index contributed by atoms with van der Waals surface area (Å²) >= 11 is 0. The number of likely N-dealkylation sites (tertiary alicyclic amines) is 1. The smallest absolute Gasteiger partial charge is 0.237 e. The van der Waals surface area contributed by atoms with Crippen molar-refractivity contribution in [1.29, 1.82) is 0 Å². The van der Waals surface area contributed by atoms with E-state index >= 15 is 0 Å². The van der Waals surface area contributed by atoms with Crippen molar-refractivity contribution in [2.24, 2.45) is 0 Å². The Morgan fingerprint density at radius 3 is 2.86 bits per heavy atom. The number of nitrogens with zero attached hydrogens (tertiary/aromatic N) is 3. The maximum absolute atomic E-state index is 12.2. The summed E-state index contributed by atoms with van der Waals surface area (Å²) in [5, 5.41) is 7.55. The van der Waals surface area contributed by atoms with Crippen LogP contribution in [0.3, 0.4) is 0 Å². The predicted octanol–water partition coefficient (Wildman–Crippen LogP) is 1.04. The van der Waals surface area contributed by atoms with Crippen LogP contribution in [0.15, 0.2) is 6.07 Å². The molecule has 2 aliphatic heterocycles. The van der Waals surface area contributed by atoms with Gasteiger partial charge in [0.1, 0.15) is 0 Å². The van der Waals surface area contributed by atoms with E-state index in [1.807, 2.05) is 13.8 Å². The van der Waals surface area contributed by atoms with Gasteiger partial charge in [0.15, 0.2) is 0 Å². The summed E-state index contributed by atoms with van der Waals surface area (Å²) < 4.78 is 7.62. The first-order valence-corrected chi connectivity index (χ1v) is 8.20. The fraction of sp³-hybridized carbons (Fsp3) is 0.750. The highest BCUT2D eigenvalue weighted by molar-refractivity contribution is 5.81. The molecule has 1 amide bonds. The molecule has 1 aromatic rings. The zero-order chi connectivity index (χ0) is 15.7. The molecule has 0 saturated carbocycles. The van der Waals surface area contributed by atoms with Crippen LogP contribution < -0.4 is 5.32 Å². The molecular weight excluding hydrogens is 280 g/mol. The standard InChI is InChI=1S/C16H26N4O2/c1-11-7-12(2)20(18-11)14-9-19(10-14)13(3)16(21)17-8-15-5-4-6-22-15/h7,13-15H,4-6,8-10H2,1-3H3,(H,17,21)/t13-,15+/m0/s1. The van der Waals surface area contributed by atoms with Gasteiger partial charge in [-0.3, -0.25) is 14.4 Å². The van der Waals surface area contributed by atoms with Crippen LogP contribution in [0.25, 0.3) is 0 Å². The fourth-order valence-corrected chi connectivity index (χ4v) is 3.31. The molecule has 1 N–H and O–H groups in total. The first-order chi connectivity index (χ1) is 10.5. The van der Waals surface area contributed by atoms with Crippen LogP contribution in [-0.4, -0.2) is 59.0 Å². The molecule has 6 nitrogen and oxygen atoms in total. The fourth-order valence-electron chi connectivity index (χ4n) is 3.31. The zero-order valence-corrected chi connectivity index (χ0v) is 13.7. The zero-order valence-electron chi connectivity index (χ0n) is 13.7. The Balaban J connectivity index is 1.45. The lowest BCUT2D eigenvalue weighted by Gasteiger charge is -2.42. The van der Waals surface area contributed by atoms with E-state index in [2.05, 4.69) is 33.0 Å². The lowest BCUT2D eigenvalue weighted by atomic mass is 10.1. The van der Waals surface area contributed by atoms with Gasteiger partial charge in [-0.05, 0) is 39.7 Å². The number of carbonyl (C=O) groups excluding carboxylic acids is 1. The molecule has 2 aliphatic rings. The number of carbonyl (C=O) groups is 1. The van der Waals surface area contributed by atoms with Crippen LogP contribution >= 0.6 is 0 Å². The van der Waals surface area contributed by atoms with Crippen LogP contribution in [0.2, 0.25) is 0 Å². The van der Waals surface area contributed by atoms with Crippen molar-refractivity contribution < 1.29 is 9.53 Å². The SMILES string of the molecule is Cc1cc(C)n(C2CN([C@@H](C)C(=O)NC[C@H]3CCCO3)C2)n1. The van der Waals surface area contributed by atoms with Gasteiger partial charge in [0.05, 0.1) is 23.9 Å². The summed E-state index contributed by atoms with van der Waals surface area (Å²) in [5.41, 5.74) is 2.25. The minimum absolute atomic E-state index is 0.0883. The molecule has 6 heteroatoms. The summed E-state index contributed by atoms with van der Waals surface area (Å²) in [5.74, 6) is 0.0994. The van der Waals surface area contributed by atoms with Crippen LogP contribution in [-0.2, 0) is 9.53 Å². The molecule has 0 aromatic carbocycles. The Labute approximate surface area is 131 Å². The average molecular weight is 306 g/mol. The van der Waals surface area contributed by atoms with Gasteiger partial charge in [0.2, 0.25) is 5.91 Å². The number of amides is 1. The Hall–Kier alpha value is -1.40. The lowest BCUT2D eigenvalue weighted by Crippen LogP contribution is -2.57. The largest absolute Gasteiger partial charge is 0.376 e. The van der Waals surface area contributed by atoms with E-state index in [0.29, 0.717) is 12.6 Å². The number of nitrogens with one attached hydrogen (secondary N) is 1. The number of hydrogen-bond donors (Lipinski definition) is 1. The van der Waals surface area contributed by atoms with Crippen molar-refractivity contribution >= 4 is 5.91 Å². The predicted molar refractivity (Wildman–Crippen MR) is 83.8 cm³/mol. The van der Waals surface area contributed by atoms with E-state index in [4.69, 9.17) is 4.74 Å². The van der Waals surface area contributed by atoms with E-state index in [0.717, 1.165) is 38.2 Å². The number of rotatable bonds is 5. The van der Waals surface area contributed by atoms with Gasteiger partial charge >= 0.3 is 0 Å². The molecule has 2 saturated heterocycles. The second kappa shape index (κ2) is 6.38. The first-order valence-electron chi connectivity index (χ1n) is 8.20. The van der Waals surface area contributed by atoms with Crippen molar-refractivity contribution in [3.63, 3.8) is 0 Å². The molecule has 1 aromatic heterocycles. The Kier molecular flexibility index (Phi) is 4.49.